The number of esters is 1. The van der Waals surface area contributed by atoms with E-state index < -0.39 is 0 Å². The lowest BCUT2D eigenvalue weighted by Crippen LogP contribution is -2.37. The second-order valence-electron chi connectivity index (χ2n) is 6.57. The highest BCUT2D eigenvalue weighted by molar-refractivity contribution is 5.69. The van der Waals surface area contributed by atoms with Crippen molar-refractivity contribution in [2.45, 2.75) is 32.6 Å². The van der Waals surface area contributed by atoms with Gasteiger partial charge in [0.05, 0.1) is 13.2 Å². The van der Waals surface area contributed by atoms with Crippen LogP contribution in [0.5, 0.6) is 17.2 Å². The Morgan fingerprint density at radius 2 is 2.08 bits per heavy atom. The molecule has 0 amide bonds. The molecule has 1 unspecified atom stereocenters. The zero-order valence-corrected chi connectivity index (χ0v) is 14.9. The van der Waals surface area contributed by atoms with Crippen LogP contribution in [0, 0.1) is 5.92 Å². The average Bonchev–Trinajstić information content (AvgIpc) is 2.59. The maximum atomic E-state index is 11.6. The van der Waals surface area contributed by atoms with Gasteiger partial charge in [-0.05, 0) is 38.6 Å². The monoisotopic (exact) mass is 349 g/mol. The van der Waals surface area contributed by atoms with Crippen molar-refractivity contribution in [2.75, 3.05) is 39.6 Å². The van der Waals surface area contributed by atoms with Crippen molar-refractivity contribution < 1.29 is 23.7 Å². The third kappa shape index (κ3) is 5.53. The summed E-state index contributed by atoms with van der Waals surface area (Å²) in [5.74, 6) is 2.71. The van der Waals surface area contributed by atoms with Gasteiger partial charge in [0.2, 0.25) is 6.79 Å². The lowest BCUT2D eigenvalue weighted by molar-refractivity contribution is -0.144. The van der Waals surface area contributed by atoms with Gasteiger partial charge in [-0.3, -0.25) is 4.79 Å². The Morgan fingerprint density at radius 3 is 2.84 bits per heavy atom. The third-order valence-corrected chi connectivity index (χ3v) is 4.56. The molecule has 0 radical (unpaired) electrons. The number of nitrogens with zero attached hydrogens (tertiary/aromatic N) is 1. The van der Waals surface area contributed by atoms with E-state index in [0.717, 1.165) is 56.1 Å². The summed E-state index contributed by atoms with van der Waals surface area (Å²) >= 11 is 0. The minimum absolute atomic E-state index is 0.0701. The Kier molecular flexibility index (Phi) is 6.39. The van der Waals surface area contributed by atoms with E-state index in [1.54, 1.807) is 0 Å². The van der Waals surface area contributed by atoms with E-state index in [0.29, 0.717) is 25.6 Å². The Balaban J connectivity index is 1.36. The van der Waals surface area contributed by atoms with Gasteiger partial charge in [0.15, 0.2) is 0 Å². The first-order chi connectivity index (χ1) is 12.2. The largest absolute Gasteiger partial charge is 0.493 e. The SMILES string of the molecule is CCOC(=O)CC1CCCN(CCCOc2cc3cc(c2)OCO3)C1. The number of ether oxygens (including phenoxy) is 4. The van der Waals surface area contributed by atoms with Gasteiger partial charge >= 0.3 is 5.97 Å². The van der Waals surface area contributed by atoms with Crippen LogP contribution in [0.15, 0.2) is 18.2 Å². The molecule has 3 rings (SSSR count). The summed E-state index contributed by atoms with van der Waals surface area (Å²) in [4.78, 5) is 14.1. The zero-order valence-electron chi connectivity index (χ0n) is 14.9. The van der Waals surface area contributed by atoms with Gasteiger partial charge in [-0.2, -0.15) is 0 Å². The van der Waals surface area contributed by atoms with Crippen LogP contribution in [-0.4, -0.2) is 50.5 Å². The van der Waals surface area contributed by atoms with Gasteiger partial charge in [0.1, 0.15) is 17.2 Å². The highest BCUT2D eigenvalue weighted by atomic mass is 16.7. The van der Waals surface area contributed by atoms with E-state index >= 15 is 0 Å². The standard InChI is InChI=1S/C19H27NO5/c1-2-22-19(21)9-15-5-3-6-20(13-15)7-4-8-23-16-10-17-12-18(11-16)25-14-24-17/h10-12,15H,2-9,13-14H2,1H3. The Morgan fingerprint density at radius 1 is 1.28 bits per heavy atom. The number of hydrogen-bond acceptors (Lipinski definition) is 6. The van der Waals surface area contributed by atoms with Gasteiger partial charge in [-0.15, -0.1) is 0 Å². The molecule has 25 heavy (non-hydrogen) atoms. The van der Waals surface area contributed by atoms with Crippen LogP contribution in [0.1, 0.15) is 32.6 Å². The first-order valence-corrected chi connectivity index (χ1v) is 9.14. The number of piperidine rings is 1. The van der Waals surface area contributed by atoms with Gasteiger partial charge in [-0.25, -0.2) is 0 Å². The topological polar surface area (TPSA) is 57.2 Å². The molecule has 0 N–H and O–H groups in total. The number of benzene rings is 1. The number of fused-ring (bicyclic) bond motifs is 2. The molecule has 2 bridgehead atoms. The van der Waals surface area contributed by atoms with Crippen molar-refractivity contribution in [1.29, 1.82) is 0 Å². The summed E-state index contributed by atoms with van der Waals surface area (Å²) < 4.78 is 21.6. The molecule has 1 fully saturated rings. The molecule has 1 saturated heterocycles. The molecule has 1 aromatic rings. The first kappa shape index (κ1) is 17.9. The second-order valence-corrected chi connectivity index (χ2v) is 6.57. The van der Waals surface area contributed by atoms with Gasteiger partial charge in [0.25, 0.3) is 0 Å². The minimum Gasteiger partial charge on any atom is -0.493 e. The molecule has 2 heterocycles. The molecule has 6 heteroatoms. The summed E-state index contributed by atoms with van der Waals surface area (Å²) in [5, 5.41) is 0. The molecule has 0 saturated carbocycles. The minimum atomic E-state index is -0.0701. The summed E-state index contributed by atoms with van der Waals surface area (Å²) in [6, 6.07) is 5.64. The van der Waals surface area contributed by atoms with Crippen LogP contribution in [0.2, 0.25) is 0 Å². The van der Waals surface area contributed by atoms with Crippen molar-refractivity contribution in [3.63, 3.8) is 0 Å². The molecule has 2 aliphatic rings. The number of rotatable bonds is 8. The number of carbonyl (C=O) groups is 1. The maximum absolute atomic E-state index is 11.6. The number of carbonyl (C=O) groups excluding carboxylic acids is 1. The lowest BCUT2D eigenvalue weighted by atomic mass is 9.95. The Bertz CT molecular complexity index is 555. The fourth-order valence-corrected chi connectivity index (χ4v) is 3.42. The fraction of sp³-hybridized carbons (Fsp3) is 0.632. The van der Waals surface area contributed by atoms with Crippen molar-refractivity contribution in [3.8, 4) is 17.2 Å². The van der Waals surface area contributed by atoms with Gasteiger partial charge < -0.3 is 23.8 Å². The van der Waals surface area contributed by atoms with Crippen LogP contribution in [0.25, 0.3) is 0 Å². The summed E-state index contributed by atoms with van der Waals surface area (Å²) in [6.07, 6.45) is 3.75. The maximum Gasteiger partial charge on any atom is 0.306 e. The van der Waals surface area contributed by atoms with Crippen LogP contribution in [0.3, 0.4) is 0 Å². The Hall–Kier alpha value is -1.95. The molecule has 6 nitrogen and oxygen atoms in total. The third-order valence-electron chi connectivity index (χ3n) is 4.56. The van der Waals surface area contributed by atoms with Crippen LogP contribution in [-0.2, 0) is 9.53 Å². The molecular weight excluding hydrogens is 322 g/mol. The molecular formula is C19H27NO5. The zero-order chi connectivity index (χ0) is 17.5. The predicted octanol–water partition coefficient (Wildman–Crippen LogP) is 2.85. The van der Waals surface area contributed by atoms with Crippen molar-refractivity contribution >= 4 is 5.97 Å². The molecule has 0 aliphatic carbocycles. The van der Waals surface area contributed by atoms with Crippen molar-refractivity contribution in [2.24, 2.45) is 5.92 Å². The fourth-order valence-electron chi connectivity index (χ4n) is 3.42. The Labute approximate surface area is 149 Å². The number of likely N-dealkylation sites (tertiary alicyclic amines) is 1. The number of hydrogen-bond donors (Lipinski definition) is 0. The highest BCUT2D eigenvalue weighted by Crippen LogP contribution is 2.30. The molecule has 1 aromatic carbocycles. The lowest BCUT2D eigenvalue weighted by Gasteiger charge is -2.32. The van der Waals surface area contributed by atoms with E-state index in [9.17, 15) is 4.79 Å². The van der Waals surface area contributed by atoms with E-state index in [-0.39, 0.29) is 12.8 Å². The molecule has 1 atom stereocenters. The first-order valence-electron chi connectivity index (χ1n) is 9.14. The van der Waals surface area contributed by atoms with E-state index in [4.69, 9.17) is 18.9 Å². The summed E-state index contributed by atoms with van der Waals surface area (Å²) in [5.41, 5.74) is 0. The predicted molar refractivity (Wildman–Crippen MR) is 93.1 cm³/mol. The highest BCUT2D eigenvalue weighted by Gasteiger charge is 2.22. The molecule has 0 aromatic heterocycles. The second kappa shape index (κ2) is 8.94. The van der Waals surface area contributed by atoms with Crippen LogP contribution >= 0.6 is 0 Å². The average molecular weight is 349 g/mol. The van der Waals surface area contributed by atoms with E-state index in [2.05, 4.69) is 4.90 Å². The van der Waals surface area contributed by atoms with Crippen LogP contribution in [0.4, 0.5) is 0 Å². The molecule has 0 spiro atoms. The molecule has 2 aliphatic heterocycles. The summed E-state index contributed by atoms with van der Waals surface area (Å²) in [7, 11) is 0. The van der Waals surface area contributed by atoms with Crippen molar-refractivity contribution in [1.82, 2.24) is 4.90 Å². The van der Waals surface area contributed by atoms with Crippen LogP contribution < -0.4 is 14.2 Å². The van der Waals surface area contributed by atoms with E-state index in [1.807, 2.05) is 25.1 Å². The molecule has 138 valence electrons. The van der Waals surface area contributed by atoms with Crippen molar-refractivity contribution in [3.05, 3.63) is 18.2 Å². The normalized spacial score (nSPS) is 19.6. The van der Waals surface area contributed by atoms with Gasteiger partial charge in [0, 0.05) is 37.7 Å². The smallest absolute Gasteiger partial charge is 0.306 e. The van der Waals surface area contributed by atoms with Gasteiger partial charge in [-0.1, -0.05) is 0 Å². The van der Waals surface area contributed by atoms with E-state index in [1.165, 1.54) is 0 Å². The quantitative estimate of drug-likeness (QED) is 0.531. The summed E-state index contributed by atoms with van der Waals surface area (Å²) in [6.45, 7) is 6.29.